The highest BCUT2D eigenvalue weighted by molar-refractivity contribution is 5.24. The van der Waals surface area contributed by atoms with Crippen molar-refractivity contribution in [1.82, 2.24) is 0 Å². The van der Waals surface area contributed by atoms with Gasteiger partial charge in [-0.15, -0.1) is 6.58 Å². The van der Waals surface area contributed by atoms with Crippen molar-refractivity contribution >= 4 is 0 Å². The van der Waals surface area contributed by atoms with E-state index in [1.165, 1.54) is 6.07 Å². The maximum Gasteiger partial charge on any atom is 0.128 e. The van der Waals surface area contributed by atoms with E-state index in [1.807, 2.05) is 0 Å². The van der Waals surface area contributed by atoms with Gasteiger partial charge in [-0.1, -0.05) is 12.1 Å². The number of rotatable bonds is 6. The quantitative estimate of drug-likeness (QED) is 0.576. The molecule has 0 spiro atoms. The van der Waals surface area contributed by atoms with Crippen LogP contribution in [0.5, 0.6) is 0 Å². The van der Waals surface area contributed by atoms with Gasteiger partial charge in [0.15, 0.2) is 0 Å². The first kappa shape index (κ1) is 11.9. The summed E-state index contributed by atoms with van der Waals surface area (Å²) in [6.45, 7) is 4.85. The molecule has 0 radical (unpaired) electrons. The van der Waals surface area contributed by atoms with E-state index in [4.69, 9.17) is 10.5 Å². The Morgan fingerprint density at radius 2 is 2.27 bits per heavy atom. The molecule has 0 aliphatic heterocycles. The SMILES string of the molecule is C=CCCOCc1cc(CN)ccc1F. The summed E-state index contributed by atoms with van der Waals surface area (Å²) in [5.41, 5.74) is 6.94. The van der Waals surface area contributed by atoms with Crippen LogP contribution in [0.1, 0.15) is 17.5 Å². The lowest BCUT2D eigenvalue weighted by Gasteiger charge is -2.06. The number of halogens is 1. The summed E-state index contributed by atoms with van der Waals surface area (Å²) in [7, 11) is 0. The summed E-state index contributed by atoms with van der Waals surface area (Å²) in [6, 6.07) is 4.85. The summed E-state index contributed by atoms with van der Waals surface area (Å²) in [5.74, 6) is -0.245. The molecule has 3 heteroatoms. The Morgan fingerprint density at radius 3 is 2.93 bits per heavy atom. The first-order valence-corrected chi connectivity index (χ1v) is 4.94. The van der Waals surface area contributed by atoms with Crippen LogP contribution in [0.2, 0.25) is 0 Å². The molecular formula is C12H16FNO. The lowest BCUT2D eigenvalue weighted by molar-refractivity contribution is 0.123. The Hall–Kier alpha value is -1.19. The molecule has 0 saturated heterocycles. The van der Waals surface area contributed by atoms with Gasteiger partial charge in [-0.25, -0.2) is 4.39 Å². The van der Waals surface area contributed by atoms with Crippen molar-refractivity contribution in [2.45, 2.75) is 19.6 Å². The molecule has 0 aliphatic rings. The van der Waals surface area contributed by atoms with Gasteiger partial charge in [0.05, 0.1) is 13.2 Å². The summed E-state index contributed by atoms with van der Waals surface area (Å²) >= 11 is 0. The average molecular weight is 209 g/mol. The third-order valence-corrected chi connectivity index (χ3v) is 2.07. The van der Waals surface area contributed by atoms with Crippen LogP contribution in [0, 0.1) is 5.82 Å². The third kappa shape index (κ3) is 3.81. The van der Waals surface area contributed by atoms with Crippen LogP contribution in [0.4, 0.5) is 4.39 Å². The Kier molecular flexibility index (Phi) is 5.01. The second-order valence-electron chi connectivity index (χ2n) is 3.26. The Morgan fingerprint density at radius 1 is 1.47 bits per heavy atom. The topological polar surface area (TPSA) is 35.2 Å². The van der Waals surface area contributed by atoms with E-state index in [9.17, 15) is 4.39 Å². The van der Waals surface area contributed by atoms with Gasteiger partial charge in [0.25, 0.3) is 0 Å². The molecule has 2 N–H and O–H groups in total. The Balaban J connectivity index is 2.54. The minimum atomic E-state index is -0.245. The van der Waals surface area contributed by atoms with Gasteiger partial charge in [-0.2, -0.15) is 0 Å². The molecule has 0 fully saturated rings. The molecular weight excluding hydrogens is 193 g/mol. The summed E-state index contributed by atoms with van der Waals surface area (Å²) in [6.07, 6.45) is 2.55. The average Bonchev–Trinajstić information content (AvgIpc) is 2.26. The number of ether oxygens (including phenoxy) is 1. The zero-order chi connectivity index (χ0) is 11.1. The fourth-order valence-electron chi connectivity index (χ4n) is 1.21. The van der Waals surface area contributed by atoms with E-state index in [1.54, 1.807) is 18.2 Å². The fraction of sp³-hybridized carbons (Fsp3) is 0.333. The Bertz CT molecular complexity index is 325. The van der Waals surface area contributed by atoms with Crippen molar-refractivity contribution in [3.63, 3.8) is 0 Å². The monoisotopic (exact) mass is 209 g/mol. The van der Waals surface area contributed by atoms with Crippen LogP contribution in [0.15, 0.2) is 30.9 Å². The summed E-state index contributed by atoms with van der Waals surface area (Å²) < 4.78 is 18.6. The lowest BCUT2D eigenvalue weighted by atomic mass is 10.1. The molecule has 1 aromatic carbocycles. The predicted octanol–water partition coefficient (Wildman–Crippen LogP) is 2.38. The molecule has 82 valence electrons. The number of hydrogen-bond acceptors (Lipinski definition) is 2. The van der Waals surface area contributed by atoms with E-state index in [2.05, 4.69) is 6.58 Å². The van der Waals surface area contributed by atoms with Crippen LogP contribution in [-0.2, 0) is 17.9 Å². The zero-order valence-corrected chi connectivity index (χ0v) is 8.71. The van der Waals surface area contributed by atoms with E-state index in [0.29, 0.717) is 18.7 Å². The van der Waals surface area contributed by atoms with E-state index >= 15 is 0 Å². The number of hydrogen-bond donors (Lipinski definition) is 1. The lowest BCUT2D eigenvalue weighted by Crippen LogP contribution is -2.01. The Labute approximate surface area is 89.6 Å². The highest BCUT2D eigenvalue weighted by Crippen LogP contribution is 2.11. The van der Waals surface area contributed by atoms with Gasteiger partial charge in [0.1, 0.15) is 5.82 Å². The summed E-state index contributed by atoms with van der Waals surface area (Å²) in [5, 5.41) is 0. The van der Waals surface area contributed by atoms with Gasteiger partial charge in [-0.05, 0) is 24.1 Å². The first-order valence-electron chi connectivity index (χ1n) is 4.94. The minimum Gasteiger partial charge on any atom is -0.376 e. The van der Waals surface area contributed by atoms with Crippen LogP contribution >= 0.6 is 0 Å². The van der Waals surface area contributed by atoms with Crippen LogP contribution in [0.3, 0.4) is 0 Å². The summed E-state index contributed by atoms with van der Waals surface area (Å²) in [4.78, 5) is 0. The molecule has 15 heavy (non-hydrogen) atoms. The van der Waals surface area contributed by atoms with Gasteiger partial charge >= 0.3 is 0 Å². The smallest absolute Gasteiger partial charge is 0.128 e. The molecule has 0 unspecified atom stereocenters. The molecule has 1 rings (SSSR count). The second-order valence-corrected chi connectivity index (χ2v) is 3.26. The third-order valence-electron chi connectivity index (χ3n) is 2.07. The van der Waals surface area contributed by atoms with Crippen molar-refractivity contribution in [3.8, 4) is 0 Å². The van der Waals surface area contributed by atoms with E-state index < -0.39 is 0 Å². The number of nitrogens with two attached hydrogens (primary N) is 1. The van der Waals surface area contributed by atoms with Crippen molar-refractivity contribution in [3.05, 3.63) is 47.8 Å². The highest BCUT2D eigenvalue weighted by Gasteiger charge is 2.02. The van der Waals surface area contributed by atoms with Gasteiger partial charge in [0, 0.05) is 12.1 Å². The normalized spacial score (nSPS) is 10.3. The van der Waals surface area contributed by atoms with Crippen LogP contribution in [-0.4, -0.2) is 6.61 Å². The van der Waals surface area contributed by atoms with Crippen molar-refractivity contribution in [2.24, 2.45) is 5.73 Å². The molecule has 0 saturated carbocycles. The van der Waals surface area contributed by atoms with E-state index in [-0.39, 0.29) is 12.4 Å². The maximum atomic E-state index is 13.3. The largest absolute Gasteiger partial charge is 0.376 e. The second kappa shape index (κ2) is 6.32. The van der Waals surface area contributed by atoms with Gasteiger partial charge < -0.3 is 10.5 Å². The maximum absolute atomic E-state index is 13.3. The van der Waals surface area contributed by atoms with Crippen molar-refractivity contribution in [1.29, 1.82) is 0 Å². The molecule has 0 amide bonds. The highest BCUT2D eigenvalue weighted by atomic mass is 19.1. The van der Waals surface area contributed by atoms with Crippen molar-refractivity contribution in [2.75, 3.05) is 6.61 Å². The van der Waals surface area contributed by atoms with Crippen molar-refractivity contribution < 1.29 is 9.13 Å². The molecule has 1 aromatic rings. The standard InChI is InChI=1S/C12H16FNO/c1-2-3-6-15-9-11-7-10(8-14)4-5-12(11)13/h2,4-5,7H,1,3,6,8-9,14H2. The molecule has 2 nitrogen and oxygen atoms in total. The van der Waals surface area contributed by atoms with Gasteiger partial charge in [-0.3, -0.25) is 0 Å². The first-order chi connectivity index (χ1) is 7.27. The van der Waals surface area contributed by atoms with Crippen LogP contribution in [0.25, 0.3) is 0 Å². The fourth-order valence-corrected chi connectivity index (χ4v) is 1.21. The predicted molar refractivity (Wildman–Crippen MR) is 58.8 cm³/mol. The molecule has 0 aliphatic carbocycles. The minimum absolute atomic E-state index is 0.245. The molecule has 0 bridgehead atoms. The molecule has 0 aromatic heterocycles. The number of benzene rings is 1. The van der Waals surface area contributed by atoms with Crippen LogP contribution < -0.4 is 5.73 Å². The zero-order valence-electron chi connectivity index (χ0n) is 8.71. The van der Waals surface area contributed by atoms with E-state index in [0.717, 1.165) is 12.0 Å². The van der Waals surface area contributed by atoms with Gasteiger partial charge in [0.2, 0.25) is 0 Å². The molecule has 0 heterocycles. The molecule has 0 atom stereocenters.